The minimum absolute atomic E-state index is 0.346. The lowest BCUT2D eigenvalue weighted by atomic mass is 10.1. The summed E-state index contributed by atoms with van der Waals surface area (Å²) in [4.78, 5) is 4.59. The molecule has 1 N–H and O–H groups in total. The molecule has 2 rings (SSSR count). The first-order valence-corrected chi connectivity index (χ1v) is 6.57. The average molecular weight is 240 g/mol. The van der Waals surface area contributed by atoms with E-state index >= 15 is 0 Å². The second-order valence-corrected chi connectivity index (χ2v) is 5.14. The van der Waals surface area contributed by atoms with Crippen LogP contribution in [0.25, 0.3) is 0 Å². The number of hydrogen-bond acceptors (Lipinski definition) is 4. The fourth-order valence-corrected chi connectivity index (χ4v) is 2.57. The van der Waals surface area contributed by atoms with Gasteiger partial charge in [0.25, 0.3) is 0 Å². The molecule has 2 aliphatic heterocycles. The van der Waals surface area contributed by atoms with Crippen molar-refractivity contribution in [2.75, 3.05) is 45.9 Å². The van der Waals surface area contributed by atoms with Gasteiger partial charge in [0.2, 0.25) is 0 Å². The molecular formula is C13H24N2O2. The molecule has 2 saturated heterocycles. The number of likely N-dealkylation sites (tertiary alicyclic amines) is 1. The monoisotopic (exact) mass is 240 g/mol. The van der Waals surface area contributed by atoms with Crippen LogP contribution in [0.5, 0.6) is 0 Å². The Kier molecular flexibility index (Phi) is 4.56. The highest BCUT2D eigenvalue weighted by atomic mass is 16.5. The van der Waals surface area contributed by atoms with Crippen LogP contribution in [0.2, 0.25) is 0 Å². The standard InChI is InChI=1S/C13H24N2O2/c1-11(2)12-3-4-15(13(12)16)6-5-14-7-9-17-10-8-14/h13,16H,3-10H2,1-2H3. The predicted molar refractivity (Wildman–Crippen MR) is 67.8 cm³/mol. The van der Waals surface area contributed by atoms with E-state index in [9.17, 15) is 5.11 Å². The molecule has 2 fully saturated rings. The first kappa shape index (κ1) is 13.0. The molecule has 1 atom stereocenters. The van der Waals surface area contributed by atoms with E-state index in [1.54, 1.807) is 0 Å². The van der Waals surface area contributed by atoms with Gasteiger partial charge in [0.1, 0.15) is 6.23 Å². The third-order valence-electron chi connectivity index (χ3n) is 3.78. The molecule has 2 aliphatic rings. The SMILES string of the molecule is CC(C)=C1CCN(CCN2CCOCC2)C1O. The largest absolute Gasteiger partial charge is 0.379 e. The Hall–Kier alpha value is -0.420. The molecule has 2 heterocycles. The van der Waals surface area contributed by atoms with Gasteiger partial charge in [0, 0.05) is 32.7 Å². The van der Waals surface area contributed by atoms with Crippen LogP contribution in [-0.4, -0.2) is 67.1 Å². The molecule has 0 aromatic heterocycles. The summed E-state index contributed by atoms with van der Waals surface area (Å²) < 4.78 is 5.33. The molecule has 4 nitrogen and oxygen atoms in total. The van der Waals surface area contributed by atoms with E-state index in [4.69, 9.17) is 4.74 Å². The molecule has 98 valence electrons. The number of aliphatic hydroxyl groups is 1. The summed E-state index contributed by atoms with van der Waals surface area (Å²) in [6.45, 7) is 10.9. The molecule has 0 bridgehead atoms. The zero-order valence-electron chi connectivity index (χ0n) is 11.0. The average Bonchev–Trinajstić information content (AvgIpc) is 2.69. The van der Waals surface area contributed by atoms with Gasteiger partial charge in [-0.15, -0.1) is 0 Å². The molecule has 4 heteroatoms. The van der Waals surface area contributed by atoms with Crippen LogP contribution >= 0.6 is 0 Å². The van der Waals surface area contributed by atoms with E-state index in [-0.39, 0.29) is 6.23 Å². The number of allylic oxidation sites excluding steroid dienone is 1. The van der Waals surface area contributed by atoms with Crippen molar-refractivity contribution in [1.29, 1.82) is 0 Å². The maximum absolute atomic E-state index is 10.2. The van der Waals surface area contributed by atoms with Gasteiger partial charge >= 0.3 is 0 Å². The lowest BCUT2D eigenvalue weighted by Crippen LogP contribution is -2.42. The van der Waals surface area contributed by atoms with Gasteiger partial charge < -0.3 is 9.84 Å². The molecule has 0 saturated carbocycles. The Morgan fingerprint density at radius 3 is 2.53 bits per heavy atom. The van der Waals surface area contributed by atoms with E-state index < -0.39 is 0 Å². The lowest BCUT2D eigenvalue weighted by Gasteiger charge is -2.29. The normalized spacial score (nSPS) is 27.7. The maximum atomic E-state index is 10.2. The van der Waals surface area contributed by atoms with Crippen molar-refractivity contribution < 1.29 is 9.84 Å². The summed E-state index contributed by atoms with van der Waals surface area (Å²) in [5, 5.41) is 10.2. The van der Waals surface area contributed by atoms with E-state index in [0.717, 1.165) is 52.4 Å². The summed E-state index contributed by atoms with van der Waals surface area (Å²) >= 11 is 0. The topological polar surface area (TPSA) is 35.9 Å². The number of aliphatic hydroxyl groups excluding tert-OH is 1. The summed E-state index contributed by atoms with van der Waals surface area (Å²) in [5.41, 5.74) is 2.48. The Balaban J connectivity index is 1.78. The molecule has 0 aromatic carbocycles. The number of morpholine rings is 1. The fraction of sp³-hybridized carbons (Fsp3) is 0.846. The summed E-state index contributed by atoms with van der Waals surface area (Å²) in [5.74, 6) is 0. The molecule has 0 aromatic rings. The number of rotatable bonds is 3. The van der Waals surface area contributed by atoms with Gasteiger partial charge in [0.05, 0.1) is 13.2 Å². The van der Waals surface area contributed by atoms with E-state index in [2.05, 4.69) is 23.6 Å². The van der Waals surface area contributed by atoms with E-state index in [1.165, 1.54) is 11.1 Å². The van der Waals surface area contributed by atoms with Gasteiger partial charge in [-0.2, -0.15) is 0 Å². The zero-order chi connectivity index (χ0) is 12.3. The Labute approximate surface area is 104 Å². The molecule has 17 heavy (non-hydrogen) atoms. The van der Waals surface area contributed by atoms with Crippen molar-refractivity contribution >= 4 is 0 Å². The summed E-state index contributed by atoms with van der Waals surface area (Å²) in [6, 6.07) is 0. The summed E-state index contributed by atoms with van der Waals surface area (Å²) in [6.07, 6.45) is 0.674. The van der Waals surface area contributed by atoms with Crippen LogP contribution in [0.15, 0.2) is 11.1 Å². The van der Waals surface area contributed by atoms with Crippen LogP contribution in [0.1, 0.15) is 20.3 Å². The van der Waals surface area contributed by atoms with Gasteiger partial charge in [-0.05, 0) is 25.8 Å². The molecule has 0 amide bonds. The maximum Gasteiger partial charge on any atom is 0.129 e. The van der Waals surface area contributed by atoms with Crippen molar-refractivity contribution in [2.24, 2.45) is 0 Å². The minimum Gasteiger partial charge on any atom is -0.379 e. The van der Waals surface area contributed by atoms with E-state index in [0.29, 0.717) is 0 Å². The zero-order valence-corrected chi connectivity index (χ0v) is 11.0. The second-order valence-electron chi connectivity index (χ2n) is 5.14. The molecule has 0 aliphatic carbocycles. The highest BCUT2D eigenvalue weighted by molar-refractivity contribution is 5.18. The first-order valence-electron chi connectivity index (χ1n) is 6.57. The molecule has 1 unspecified atom stereocenters. The van der Waals surface area contributed by atoms with Crippen LogP contribution in [0.4, 0.5) is 0 Å². The first-order chi connectivity index (χ1) is 8.18. The van der Waals surface area contributed by atoms with Crippen molar-refractivity contribution in [1.82, 2.24) is 9.80 Å². The van der Waals surface area contributed by atoms with Crippen LogP contribution in [0.3, 0.4) is 0 Å². The Morgan fingerprint density at radius 1 is 1.24 bits per heavy atom. The number of nitrogens with zero attached hydrogens (tertiary/aromatic N) is 2. The van der Waals surface area contributed by atoms with Crippen LogP contribution in [-0.2, 0) is 4.74 Å². The number of ether oxygens (including phenoxy) is 1. The second kappa shape index (κ2) is 5.96. The van der Waals surface area contributed by atoms with Crippen molar-refractivity contribution in [3.8, 4) is 0 Å². The lowest BCUT2D eigenvalue weighted by molar-refractivity contribution is 0.0177. The van der Waals surface area contributed by atoms with Gasteiger partial charge in [0.15, 0.2) is 0 Å². The molecular weight excluding hydrogens is 216 g/mol. The van der Waals surface area contributed by atoms with Crippen molar-refractivity contribution in [3.05, 3.63) is 11.1 Å². The third kappa shape index (κ3) is 3.28. The Morgan fingerprint density at radius 2 is 1.94 bits per heavy atom. The number of hydrogen-bond donors (Lipinski definition) is 1. The van der Waals surface area contributed by atoms with Gasteiger partial charge in [-0.3, -0.25) is 9.80 Å². The highest BCUT2D eigenvalue weighted by Gasteiger charge is 2.27. The predicted octanol–water partition coefficient (Wildman–Crippen LogP) is 0.679. The van der Waals surface area contributed by atoms with Gasteiger partial charge in [-0.25, -0.2) is 0 Å². The molecule has 0 spiro atoms. The highest BCUT2D eigenvalue weighted by Crippen LogP contribution is 2.24. The summed E-state index contributed by atoms with van der Waals surface area (Å²) in [7, 11) is 0. The van der Waals surface area contributed by atoms with Crippen molar-refractivity contribution in [2.45, 2.75) is 26.5 Å². The quantitative estimate of drug-likeness (QED) is 0.736. The smallest absolute Gasteiger partial charge is 0.129 e. The van der Waals surface area contributed by atoms with Crippen LogP contribution < -0.4 is 0 Å². The molecule has 0 radical (unpaired) electrons. The Bertz CT molecular complexity index is 281. The third-order valence-corrected chi connectivity index (χ3v) is 3.78. The fourth-order valence-electron chi connectivity index (χ4n) is 2.57. The minimum atomic E-state index is -0.346. The van der Waals surface area contributed by atoms with Crippen LogP contribution in [0, 0.1) is 0 Å². The van der Waals surface area contributed by atoms with Gasteiger partial charge in [-0.1, -0.05) is 5.57 Å². The van der Waals surface area contributed by atoms with Crippen molar-refractivity contribution in [3.63, 3.8) is 0 Å². The van der Waals surface area contributed by atoms with E-state index in [1.807, 2.05) is 0 Å².